The Morgan fingerprint density at radius 2 is 1.75 bits per heavy atom. The third-order valence-electron chi connectivity index (χ3n) is 2.35. The molecule has 0 aromatic rings. The zero-order valence-electron chi connectivity index (χ0n) is 10.4. The van der Waals surface area contributed by atoms with Gasteiger partial charge in [-0.3, -0.25) is 0 Å². The highest BCUT2D eigenvalue weighted by Crippen LogP contribution is 2.04. The number of ether oxygens (including phenoxy) is 1. The molecule has 1 N–H and O–H groups in total. The number of halogens is 1. The number of aliphatic hydroxyl groups excluding tert-OH is 1. The van der Waals surface area contributed by atoms with Gasteiger partial charge in [0, 0.05) is 0 Å². The van der Waals surface area contributed by atoms with Crippen molar-refractivity contribution in [3.8, 4) is 0 Å². The molecule has 0 fully saturated rings. The summed E-state index contributed by atoms with van der Waals surface area (Å²) in [5.41, 5.74) is 0. The van der Waals surface area contributed by atoms with Gasteiger partial charge in [-0.2, -0.15) is 0 Å². The maximum atomic E-state index is 11.2. The van der Waals surface area contributed by atoms with Gasteiger partial charge < -0.3 is 9.84 Å². The number of carbonyl (C=O) groups is 1. The van der Waals surface area contributed by atoms with Gasteiger partial charge in [0.2, 0.25) is 0 Å². The monoisotopic (exact) mass is 252 g/mol. The van der Waals surface area contributed by atoms with Crippen LogP contribution in [0.2, 0.25) is 0 Å². The molecule has 0 bridgehead atoms. The minimum atomic E-state index is -0.920. The molecule has 1 unspecified atom stereocenters. The van der Waals surface area contributed by atoms with E-state index in [9.17, 15) is 9.90 Å². The van der Waals surface area contributed by atoms with Crippen molar-refractivity contribution in [3.05, 3.63) is 0 Å². The van der Waals surface area contributed by atoms with E-state index in [4.69, 9.17) is 4.74 Å². The lowest BCUT2D eigenvalue weighted by Gasteiger charge is -2.09. The lowest BCUT2D eigenvalue weighted by atomic mass is 10.1. The number of rotatable bonds is 9. The molecule has 0 radical (unpaired) electrons. The first kappa shape index (κ1) is 18.1. The maximum Gasteiger partial charge on any atom is 0.334 e. The van der Waals surface area contributed by atoms with E-state index in [-0.39, 0.29) is 12.4 Å². The maximum absolute atomic E-state index is 11.2. The van der Waals surface area contributed by atoms with Crippen molar-refractivity contribution >= 4 is 18.4 Å². The number of carbonyl (C=O) groups excluding carboxylic acids is 1. The van der Waals surface area contributed by atoms with E-state index in [2.05, 4.69) is 6.92 Å². The molecule has 16 heavy (non-hydrogen) atoms. The normalized spacial score (nSPS) is 11.7. The molecule has 0 aliphatic heterocycles. The molecular formula is C12H25ClO3. The number of hydrogen-bond acceptors (Lipinski definition) is 3. The van der Waals surface area contributed by atoms with E-state index in [0.29, 0.717) is 13.0 Å². The van der Waals surface area contributed by atoms with Gasteiger partial charge >= 0.3 is 5.97 Å². The highest BCUT2D eigenvalue weighted by molar-refractivity contribution is 5.85. The first-order chi connectivity index (χ1) is 7.22. The summed E-state index contributed by atoms with van der Waals surface area (Å²) in [4.78, 5) is 11.2. The quantitative estimate of drug-likeness (QED) is 0.507. The van der Waals surface area contributed by atoms with Gasteiger partial charge in [0.25, 0.3) is 0 Å². The van der Waals surface area contributed by atoms with Gasteiger partial charge in [-0.05, 0) is 12.8 Å². The Bertz CT molecular complexity index is 162. The van der Waals surface area contributed by atoms with E-state index >= 15 is 0 Å². The van der Waals surface area contributed by atoms with Gasteiger partial charge in [-0.15, -0.1) is 12.4 Å². The number of aliphatic hydroxyl groups is 1. The Labute approximate surface area is 105 Å². The Morgan fingerprint density at radius 3 is 2.31 bits per heavy atom. The zero-order valence-corrected chi connectivity index (χ0v) is 11.2. The summed E-state index contributed by atoms with van der Waals surface area (Å²) < 4.78 is 4.96. The summed E-state index contributed by atoms with van der Waals surface area (Å²) in [5, 5.41) is 9.38. The molecule has 1 atom stereocenters. The summed E-state index contributed by atoms with van der Waals surface area (Å²) in [6.45, 7) is 4.62. The Morgan fingerprint density at radius 1 is 1.12 bits per heavy atom. The second-order valence-electron chi connectivity index (χ2n) is 3.89. The summed E-state index contributed by atoms with van der Waals surface area (Å²) in [6, 6.07) is 0. The van der Waals surface area contributed by atoms with Crippen LogP contribution in [0, 0.1) is 0 Å². The first-order valence-corrected chi connectivity index (χ1v) is 6.07. The van der Waals surface area contributed by atoms with Gasteiger partial charge in [0.1, 0.15) is 0 Å². The van der Waals surface area contributed by atoms with Crippen LogP contribution < -0.4 is 0 Å². The summed E-state index contributed by atoms with van der Waals surface area (Å²) in [7, 11) is 0. The molecule has 3 nitrogen and oxygen atoms in total. The van der Waals surface area contributed by atoms with Crippen molar-refractivity contribution in [3.63, 3.8) is 0 Å². The van der Waals surface area contributed by atoms with Gasteiger partial charge in [-0.25, -0.2) is 4.79 Å². The Hall–Kier alpha value is -0.280. The van der Waals surface area contributed by atoms with Crippen LogP contribution in [0.15, 0.2) is 0 Å². The zero-order chi connectivity index (χ0) is 11.5. The van der Waals surface area contributed by atoms with Crippen LogP contribution >= 0.6 is 12.4 Å². The van der Waals surface area contributed by atoms with Crippen molar-refractivity contribution in [1.82, 2.24) is 0 Å². The average Bonchev–Trinajstić information content (AvgIpc) is 2.25. The highest BCUT2D eigenvalue weighted by atomic mass is 35.5. The third-order valence-corrected chi connectivity index (χ3v) is 2.35. The number of hydrogen-bond donors (Lipinski definition) is 1. The lowest BCUT2D eigenvalue weighted by Crippen LogP contribution is -2.23. The molecule has 0 rings (SSSR count). The van der Waals surface area contributed by atoms with Crippen LogP contribution in [-0.4, -0.2) is 23.8 Å². The van der Waals surface area contributed by atoms with Crippen LogP contribution in [-0.2, 0) is 9.53 Å². The molecule has 98 valence electrons. The minimum Gasteiger partial charge on any atom is -0.464 e. The molecule has 0 saturated heterocycles. The van der Waals surface area contributed by atoms with E-state index in [1.165, 1.54) is 12.8 Å². The molecule has 0 spiro atoms. The third kappa shape index (κ3) is 10.2. The fourth-order valence-corrected chi connectivity index (χ4v) is 1.31. The topological polar surface area (TPSA) is 46.5 Å². The second-order valence-corrected chi connectivity index (χ2v) is 3.89. The van der Waals surface area contributed by atoms with E-state index < -0.39 is 12.1 Å². The largest absolute Gasteiger partial charge is 0.464 e. The van der Waals surface area contributed by atoms with Gasteiger partial charge in [-0.1, -0.05) is 46.0 Å². The van der Waals surface area contributed by atoms with E-state index in [0.717, 1.165) is 25.7 Å². The Balaban J connectivity index is 0. The Kier molecular flexibility index (Phi) is 14.5. The molecule has 0 aromatic heterocycles. The smallest absolute Gasteiger partial charge is 0.334 e. The SMILES string of the molecule is CCCCCCOC(=O)C(O)CCCC.Cl. The van der Waals surface area contributed by atoms with Crippen molar-refractivity contribution in [1.29, 1.82) is 0 Å². The first-order valence-electron chi connectivity index (χ1n) is 6.07. The summed E-state index contributed by atoms with van der Waals surface area (Å²) in [5.74, 6) is -0.458. The fraction of sp³-hybridized carbons (Fsp3) is 0.917. The van der Waals surface area contributed by atoms with Crippen LogP contribution in [0.25, 0.3) is 0 Å². The number of unbranched alkanes of at least 4 members (excludes halogenated alkanes) is 4. The van der Waals surface area contributed by atoms with Gasteiger partial charge in [0.15, 0.2) is 6.10 Å². The standard InChI is InChI=1S/C12H24O3.ClH/c1-3-5-7-8-10-15-12(14)11(13)9-6-4-2;/h11,13H,3-10H2,1-2H3;1H. The van der Waals surface area contributed by atoms with Crippen LogP contribution in [0.1, 0.15) is 58.8 Å². The van der Waals surface area contributed by atoms with E-state index in [1.54, 1.807) is 0 Å². The fourth-order valence-electron chi connectivity index (χ4n) is 1.31. The van der Waals surface area contributed by atoms with Crippen molar-refractivity contribution in [2.75, 3.05) is 6.61 Å². The average molecular weight is 253 g/mol. The molecular weight excluding hydrogens is 228 g/mol. The summed E-state index contributed by atoms with van der Waals surface area (Å²) >= 11 is 0. The highest BCUT2D eigenvalue weighted by Gasteiger charge is 2.14. The predicted octanol–water partition coefficient (Wildman–Crippen LogP) is 3.08. The molecule has 0 saturated carbocycles. The van der Waals surface area contributed by atoms with Crippen molar-refractivity contribution in [2.24, 2.45) is 0 Å². The van der Waals surface area contributed by atoms with Crippen molar-refractivity contribution in [2.45, 2.75) is 64.9 Å². The van der Waals surface area contributed by atoms with Crippen LogP contribution in [0.4, 0.5) is 0 Å². The molecule has 0 aliphatic rings. The molecule has 0 aromatic carbocycles. The number of esters is 1. The lowest BCUT2D eigenvalue weighted by molar-refractivity contribution is -0.154. The molecule has 0 amide bonds. The summed E-state index contributed by atoms with van der Waals surface area (Å²) in [6.07, 6.45) is 5.80. The van der Waals surface area contributed by atoms with E-state index in [1.807, 2.05) is 6.92 Å². The minimum absolute atomic E-state index is 0. The second kappa shape index (κ2) is 12.8. The molecule has 0 heterocycles. The van der Waals surface area contributed by atoms with Crippen LogP contribution in [0.3, 0.4) is 0 Å². The van der Waals surface area contributed by atoms with Crippen LogP contribution in [0.5, 0.6) is 0 Å². The van der Waals surface area contributed by atoms with Gasteiger partial charge in [0.05, 0.1) is 6.61 Å². The van der Waals surface area contributed by atoms with Crippen molar-refractivity contribution < 1.29 is 14.6 Å². The molecule has 0 aliphatic carbocycles. The predicted molar refractivity (Wildman–Crippen MR) is 67.9 cm³/mol. The molecule has 4 heteroatoms.